The molecule has 0 aliphatic heterocycles. The standard InChI is InChI=1S/C65H84O22.C18H22O6/c1-34-21-35(57(71)52(29-66)86-46-20-16-40(64(2,3)4)28-49(46)80-10)13-17-43(34)83-54(31-68)60(74)38-22-41(62(76)50(26-38)81-11)42-23-39(27-51(82-12)63(42)77)61(75)55(32-69)85-45-18-14-36(24-47(45)78-8)58(72)53(30-67)84-44-19-15-37(25-48(44)79-9)59(73)56(33-70)87-65(5,6)7;1-21-13-6-4-5-7-15(13)24-17(11-19)18(20)12-8-9-14(22-2)16(10-12)23-3/h13-28,52-61,66-77H,29-33H2,1-12H3;4-10,17-20H,11H2,1-3H3. The summed E-state index contributed by atoms with van der Waals surface area (Å²) in [5, 5.41) is 153. The molecule has 0 fully saturated rings. The van der Waals surface area contributed by atoms with Gasteiger partial charge in [-0.3, -0.25) is 0 Å². The first-order valence-corrected chi connectivity index (χ1v) is 35.4. The molecule has 8 rings (SSSR count). The highest BCUT2D eigenvalue weighted by molar-refractivity contribution is 5.81. The predicted octanol–water partition coefficient (Wildman–Crippen LogP) is 8.70. The maximum absolute atomic E-state index is 11.9. The number of methoxy groups -OCH3 is 8. The zero-order valence-corrected chi connectivity index (χ0v) is 64.9. The Morgan fingerprint density at radius 3 is 0.874 bits per heavy atom. The highest BCUT2D eigenvalue weighted by Gasteiger charge is 2.34. The summed E-state index contributed by atoms with van der Waals surface area (Å²) in [6, 6.07) is 36.2. The molecule has 8 aromatic rings. The number of phenolic OH excluding ortho intramolecular Hbond substituents is 2. The molecule has 111 heavy (non-hydrogen) atoms. The first-order valence-electron chi connectivity index (χ1n) is 35.4. The van der Waals surface area contributed by atoms with Crippen molar-refractivity contribution >= 4 is 0 Å². The van der Waals surface area contributed by atoms with Gasteiger partial charge in [0.1, 0.15) is 48.5 Å². The van der Waals surface area contributed by atoms with E-state index in [2.05, 4.69) is 20.8 Å². The van der Waals surface area contributed by atoms with E-state index in [0.29, 0.717) is 56.8 Å². The first-order chi connectivity index (χ1) is 52.9. The van der Waals surface area contributed by atoms with Crippen LogP contribution in [0.1, 0.15) is 123 Å². The molecule has 14 N–H and O–H groups in total. The molecule has 0 aromatic heterocycles. The Morgan fingerprint density at radius 1 is 0.279 bits per heavy atom. The Bertz CT molecular complexity index is 4270. The zero-order valence-electron chi connectivity index (χ0n) is 64.9. The molecule has 0 amide bonds. The molecule has 12 atom stereocenters. The molecule has 0 aliphatic carbocycles. The summed E-state index contributed by atoms with van der Waals surface area (Å²) in [6.45, 7) is 9.65. The SMILES string of the molecule is COc1cc(C(O)C(CO)Oc2ccc(C(O)C(CO)OC(C)(C)C)cc2OC)ccc1OC(CO)C(O)c1cc(OC)c(O)c(-c2cc(C(O)C(CO)Oc3ccc(C(O)C(CO)Oc4ccc(C(C)(C)C)cc4OC)cc3C)cc(OC)c2O)c1.COc1ccc(C(O)C(CO)Oc2ccccc2OC)cc1OC. The van der Waals surface area contributed by atoms with Gasteiger partial charge in [0.15, 0.2) is 111 Å². The number of rotatable bonds is 38. The van der Waals surface area contributed by atoms with Gasteiger partial charge in [0.05, 0.1) is 102 Å². The van der Waals surface area contributed by atoms with Crippen molar-refractivity contribution in [3.05, 3.63) is 184 Å². The average Bonchev–Trinajstić information content (AvgIpc) is 0.769. The third-order valence-electron chi connectivity index (χ3n) is 18.1. The third kappa shape index (κ3) is 22.1. The quantitative estimate of drug-likeness (QED) is 0.0172. The van der Waals surface area contributed by atoms with Crippen LogP contribution in [0.4, 0.5) is 0 Å². The minimum atomic E-state index is -1.69. The number of benzene rings is 8. The number of aliphatic hydroxyl groups is 12. The van der Waals surface area contributed by atoms with Crippen LogP contribution < -0.4 is 61.6 Å². The van der Waals surface area contributed by atoms with Crippen LogP contribution in [-0.2, 0) is 10.2 Å². The molecule has 0 radical (unpaired) electrons. The molecule has 0 saturated carbocycles. The molecule has 8 aromatic carbocycles. The molecular weight excluding hydrogens is 1440 g/mol. The minimum Gasteiger partial charge on any atom is -0.504 e. The number of aliphatic hydroxyl groups excluding tert-OH is 12. The molecule has 0 aliphatic rings. The number of para-hydroxylation sites is 2. The summed E-state index contributed by atoms with van der Waals surface area (Å²) in [5.41, 5.74) is 1.88. The average molecular weight is 1550 g/mol. The van der Waals surface area contributed by atoms with Gasteiger partial charge in [-0.25, -0.2) is 0 Å². The van der Waals surface area contributed by atoms with Gasteiger partial charge in [0, 0.05) is 11.1 Å². The lowest BCUT2D eigenvalue weighted by Crippen LogP contribution is -2.34. The summed E-state index contributed by atoms with van der Waals surface area (Å²) in [5.74, 6) is 1.91. The van der Waals surface area contributed by atoms with E-state index in [0.717, 1.165) is 5.56 Å². The number of aromatic hydroxyl groups is 2. The second-order valence-electron chi connectivity index (χ2n) is 27.8. The minimum absolute atomic E-state index is 0.000210. The Hall–Kier alpha value is -9.76. The molecule has 0 spiro atoms. The van der Waals surface area contributed by atoms with E-state index in [1.54, 1.807) is 82.3 Å². The molecular formula is C83H106O28. The van der Waals surface area contributed by atoms with Gasteiger partial charge in [-0.05, 0) is 175 Å². The van der Waals surface area contributed by atoms with Crippen LogP contribution in [0, 0.1) is 6.92 Å². The van der Waals surface area contributed by atoms with Crippen molar-refractivity contribution in [3.8, 4) is 97.4 Å². The van der Waals surface area contributed by atoms with Gasteiger partial charge in [0.25, 0.3) is 0 Å². The van der Waals surface area contributed by atoms with Crippen molar-refractivity contribution in [2.24, 2.45) is 0 Å². The van der Waals surface area contributed by atoms with Crippen molar-refractivity contribution in [2.75, 3.05) is 96.5 Å². The Kier molecular flexibility index (Phi) is 32.2. The summed E-state index contributed by atoms with van der Waals surface area (Å²) in [4.78, 5) is 0. The highest BCUT2D eigenvalue weighted by atomic mass is 16.6. The highest BCUT2D eigenvalue weighted by Crippen LogP contribution is 2.49. The van der Waals surface area contributed by atoms with E-state index in [9.17, 15) is 71.5 Å². The summed E-state index contributed by atoms with van der Waals surface area (Å²) >= 11 is 0. The van der Waals surface area contributed by atoms with Crippen molar-refractivity contribution in [1.29, 1.82) is 0 Å². The van der Waals surface area contributed by atoms with Crippen molar-refractivity contribution in [2.45, 2.75) is 133 Å². The van der Waals surface area contributed by atoms with Gasteiger partial charge in [0.2, 0.25) is 0 Å². The van der Waals surface area contributed by atoms with E-state index >= 15 is 0 Å². The lowest BCUT2D eigenvalue weighted by molar-refractivity contribution is -0.129. The van der Waals surface area contributed by atoms with Crippen LogP contribution >= 0.6 is 0 Å². The number of phenols is 2. The fraction of sp³-hybridized carbons (Fsp3) is 0.422. The third-order valence-corrected chi connectivity index (χ3v) is 18.1. The molecule has 28 nitrogen and oxygen atoms in total. The maximum Gasteiger partial charge on any atom is 0.165 e. The van der Waals surface area contributed by atoms with Crippen LogP contribution in [0.15, 0.2) is 140 Å². The van der Waals surface area contributed by atoms with Crippen LogP contribution in [0.2, 0.25) is 0 Å². The van der Waals surface area contributed by atoms with Gasteiger partial charge < -0.3 is 138 Å². The van der Waals surface area contributed by atoms with Crippen LogP contribution in [0.3, 0.4) is 0 Å². The summed E-state index contributed by atoms with van der Waals surface area (Å²) in [7, 11) is 11.3. The van der Waals surface area contributed by atoms with Crippen LogP contribution in [-0.4, -0.2) is 210 Å². The van der Waals surface area contributed by atoms with Gasteiger partial charge in [-0.2, -0.15) is 0 Å². The number of hydrogen-bond donors (Lipinski definition) is 14. The summed E-state index contributed by atoms with van der Waals surface area (Å²) < 4.78 is 79.3. The van der Waals surface area contributed by atoms with Crippen molar-refractivity contribution < 1.29 is 138 Å². The Morgan fingerprint density at radius 2 is 0.541 bits per heavy atom. The lowest BCUT2D eigenvalue weighted by Gasteiger charge is -2.30. The zero-order chi connectivity index (χ0) is 81.8. The number of ether oxygens (including phenoxy) is 14. The van der Waals surface area contributed by atoms with E-state index in [4.69, 9.17) is 66.3 Å². The largest absolute Gasteiger partial charge is 0.504 e. The predicted molar refractivity (Wildman–Crippen MR) is 409 cm³/mol. The first kappa shape index (κ1) is 88.5. The van der Waals surface area contributed by atoms with Crippen LogP contribution in [0.25, 0.3) is 11.1 Å². The molecule has 28 heteroatoms. The fourth-order valence-corrected chi connectivity index (χ4v) is 12.0. The molecule has 12 unspecified atom stereocenters. The normalized spacial score (nSPS) is 14.9. The topological polar surface area (TPSA) is 412 Å². The van der Waals surface area contributed by atoms with Gasteiger partial charge in [-0.1, -0.05) is 63.2 Å². The van der Waals surface area contributed by atoms with Crippen molar-refractivity contribution in [1.82, 2.24) is 0 Å². The molecule has 0 bridgehead atoms. The maximum atomic E-state index is 11.9. The van der Waals surface area contributed by atoms with E-state index in [1.807, 2.05) is 18.2 Å². The summed E-state index contributed by atoms with van der Waals surface area (Å²) in [6.07, 6.45) is -15.4. The van der Waals surface area contributed by atoms with Gasteiger partial charge >= 0.3 is 0 Å². The molecule has 606 valence electrons. The van der Waals surface area contributed by atoms with E-state index < -0.39 is 123 Å². The van der Waals surface area contributed by atoms with Gasteiger partial charge in [-0.15, -0.1) is 0 Å². The van der Waals surface area contributed by atoms with E-state index in [-0.39, 0.29) is 80.1 Å². The lowest BCUT2D eigenvalue weighted by atomic mass is 9.87. The second kappa shape index (κ2) is 40.4. The number of aryl methyl sites for hydroxylation is 1. The van der Waals surface area contributed by atoms with Crippen LogP contribution in [0.5, 0.6) is 86.2 Å². The van der Waals surface area contributed by atoms with E-state index in [1.165, 1.54) is 124 Å². The monoisotopic (exact) mass is 1550 g/mol. The Balaban J connectivity index is 0.000000603. The van der Waals surface area contributed by atoms with Crippen molar-refractivity contribution in [3.63, 3.8) is 0 Å². The second-order valence-corrected chi connectivity index (χ2v) is 27.8. The number of hydrogen-bond acceptors (Lipinski definition) is 28. The Labute approximate surface area is 645 Å². The fourth-order valence-electron chi connectivity index (χ4n) is 12.0. The molecule has 0 heterocycles. The molecule has 0 saturated heterocycles. The smallest absolute Gasteiger partial charge is 0.165 e.